The van der Waals surface area contributed by atoms with Gasteiger partial charge in [0.25, 0.3) is 0 Å². The summed E-state index contributed by atoms with van der Waals surface area (Å²) in [7, 11) is 1.33. The van der Waals surface area contributed by atoms with Crippen molar-refractivity contribution in [3.05, 3.63) is 29.3 Å². The average molecular weight is 285 g/mol. The van der Waals surface area contributed by atoms with Crippen LogP contribution in [0.15, 0.2) is 12.1 Å². The highest BCUT2D eigenvalue weighted by Crippen LogP contribution is 2.21. The van der Waals surface area contributed by atoms with Crippen LogP contribution < -0.4 is 0 Å². The third-order valence-electron chi connectivity index (χ3n) is 2.94. The maximum absolute atomic E-state index is 13.5. The van der Waals surface area contributed by atoms with Crippen LogP contribution in [0, 0.1) is 12.7 Å². The van der Waals surface area contributed by atoms with Crippen LogP contribution in [0.5, 0.6) is 0 Å². The van der Waals surface area contributed by atoms with Gasteiger partial charge in [0.05, 0.1) is 18.1 Å². The Hall–Kier alpha value is -1.62. The number of imidazole rings is 1. The number of benzene rings is 1. The lowest BCUT2D eigenvalue weighted by molar-refractivity contribution is -0.141. The lowest BCUT2D eigenvalue weighted by Crippen LogP contribution is -2.14. The summed E-state index contributed by atoms with van der Waals surface area (Å²) in [6.07, 6.45) is 0.508. The van der Waals surface area contributed by atoms with Crippen LogP contribution in [0.2, 0.25) is 0 Å². The van der Waals surface area contributed by atoms with Gasteiger partial charge in [-0.2, -0.15) is 0 Å². The summed E-state index contributed by atoms with van der Waals surface area (Å²) in [6.45, 7) is 1.72. The number of ether oxygens (including phenoxy) is 1. The van der Waals surface area contributed by atoms with E-state index in [1.165, 1.54) is 13.2 Å². The van der Waals surface area contributed by atoms with Gasteiger partial charge in [-0.05, 0) is 18.6 Å². The normalized spacial score (nSPS) is 10.9. The predicted octanol–water partition coefficient (Wildman–Crippen LogP) is 2.44. The van der Waals surface area contributed by atoms with Crippen LogP contribution in [0.4, 0.5) is 4.39 Å². The van der Waals surface area contributed by atoms with Crippen LogP contribution in [0.3, 0.4) is 0 Å². The molecule has 0 radical (unpaired) electrons. The number of rotatable bonds is 4. The minimum Gasteiger partial charge on any atom is -0.468 e. The fourth-order valence-corrected chi connectivity index (χ4v) is 2.11. The number of nitrogens with zero attached hydrogens (tertiary/aromatic N) is 2. The van der Waals surface area contributed by atoms with Crippen LogP contribution >= 0.6 is 11.6 Å². The van der Waals surface area contributed by atoms with Crippen molar-refractivity contribution in [2.75, 3.05) is 13.0 Å². The Labute approximate surface area is 115 Å². The summed E-state index contributed by atoms with van der Waals surface area (Å²) in [4.78, 5) is 15.8. The second-order valence-electron chi connectivity index (χ2n) is 4.22. The minimum atomic E-state index is -0.378. The number of esters is 1. The molecule has 0 bridgehead atoms. The van der Waals surface area contributed by atoms with Gasteiger partial charge in [-0.15, -0.1) is 11.6 Å². The van der Waals surface area contributed by atoms with Gasteiger partial charge in [0.2, 0.25) is 0 Å². The molecule has 2 aromatic rings. The number of aromatic nitrogens is 2. The Morgan fingerprint density at radius 1 is 1.53 bits per heavy atom. The molecule has 0 aliphatic carbocycles. The number of methoxy groups -OCH3 is 1. The SMILES string of the molecule is COC(=O)Cn1c(CCCl)nc2cc(F)c(C)cc21. The van der Waals surface area contributed by atoms with Gasteiger partial charge in [-0.3, -0.25) is 4.79 Å². The van der Waals surface area contributed by atoms with Crippen molar-refractivity contribution in [1.82, 2.24) is 9.55 Å². The largest absolute Gasteiger partial charge is 0.468 e. The zero-order chi connectivity index (χ0) is 14.0. The highest BCUT2D eigenvalue weighted by molar-refractivity contribution is 6.17. The minimum absolute atomic E-state index is 0.0459. The fraction of sp³-hybridized carbons (Fsp3) is 0.385. The molecule has 1 heterocycles. The molecule has 2 rings (SSSR count). The van der Waals surface area contributed by atoms with Crippen LogP contribution in [0.1, 0.15) is 11.4 Å². The summed E-state index contributed by atoms with van der Waals surface area (Å²) in [6, 6.07) is 3.05. The smallest absolute Gasteiger partial charge is 0.325 e. The van der Waals surface area contributed by atoms with Gasteiger partial charge < -0.3 is 9.30 Å². The molecule has 0 amide bonds. The van der Waals surface area contributed by atoms with Crippen molar-refractivity contribution in [1.29, 1.82) is 0 Å². The topological polar surface area (TPSA) is 44.1 Å². The summed E-state index contributed by atoms with van der Waals surface area (Å²) in [5.74, 6) is 0.344. The van der Waals surface area contributed by atoms with E-state index in [1.807, 2.05) is 0 Å². The molecular weight excluding hydrogens is 271 g/mol. The molecule has 0 saturated carbocycles. The molecule has 0 spiro atoms. The van der Waals surface area contributed by atoms with Crippen LogP contribution in [-0.4, -0.2) is 28.5 Å². The van der Waals surface area contributed by atoms with Gasteiger partial charge in [0, 0.05) is 18.4 Å². The fourth-order valence-electron chi connectivity index (χ4n) is 1.95. The first-order chi connectivity index (χ1) is 9.06. The summed E-state index contributed by atoms with van der Waals surface area (Å²) >= 11 is 5.72. The number of hydrogen-bond acceptors (Lipinski definition) is 3. The molecule has 0 saturated heterocycles. The van der Waals surface area contributed by atoms with E-state index in [0.717, 1.165) is 0 Å². The molecule has 102 valence electrons. The zero-order valence-electron chi connectivity index (χ0n) is 10.7. The van der Waals surface area contributed by atoms with Gasteiger partial charge in [-0.1, -0.05) is 0 Å². The maximum Gasteiger partial charge on any atom is 0.325 e. The Balaban J connectivity index is 2.58. The lowest BCUT2D eigenvalue weighted by Gasteiger charge is -2.07. The van der Waals surface area contributed by atoms with Crippen LogP contribution in [0.25, 0.3) is 11.0 Å². The van der Waals surface area contributed by atoms with Crippen molar-refractivity contribution < 1.29 is 13.9 Å². The van der Waals surface area contributed by atoms with E-state index in [4.69, 9.17) is 11.6 Å². The third-order valence-corrected chi connectivity index (χ3v) is 3.13. The average Bonchev–Trinajstić information content (AvgIpc) is 2.68. The number of hydrogen-bond donors (Lipinski definition) is 0. The van der Waals surface area contributed by atoms with Crippen molar-refractivity contribution in [2.24, 2.45) is 0 Å². The Bertz CT molecular complexity index is 625. The number of alkyl halides is 1. The van der Waals surface area contributed by atoms with E-state index >= 15 is 0 Å². The quantitative estimate of drug-likeness (QED) is 0.640. The van der Waals surface area contributed by atoms with Crippen LogP contribution in [-0.2, 0) is 22.5 Å². The van der Waals surface area contributed by atoms with E-state index in [2.05, 4.69) is 9.72 Å². The zero-order valence-corrected chi connectivity index (χ0v) is 11.5. The molecule has 1 aromatic heterocycles. The maximum atomic E-state index is 13.5. The number of carbonyl (C=O) groups is 1. The Morgan fingerprint density at radius 3 is 2.89 bits per heavy atom. The van der Waals surface area contributed by atoms with E-state index in [-0.39, 0.29) is 18.3 Å². The lowest BCUT2D eigenvalue weighted by atomic mass is 10.2. The van der Waals surface area contributed by atoms with Crippen molar-refractivity contribution in [3.8, 4) is 0 Å². The Kier molecular flexibility index (Phi) is 4.04. The summed E-state index contributed by atoms with van der Waals surface area (Å²) < 4.78 is 19.9. The highest BCUT2D eigenvalue weighted by Gasteiger charge is 2.15. The number of carbonyl (C=O) groups excluding carboxylic acids is 1. The molecule has 1 aromatic carbocycles. The Morgan fingerprint density at radius 2 is 2.26 bits per heavy atom. The van der Waals surface area contributed by atoms with Crippen molar-refractivity contribution in [3.63, 3.8) is 0 Å². The number of halogens is 2. The molecule has 0 aliphatic rings. The second kappa shape index (κ2) is 5.57. The molecule has 6 heteroatoms. The highest BCUT2D eigenvalue weighted by atomic mass is 35.5. The number of fused-ring (bicyclic) bond motifs is 1. The molecule has 0 unspecified atom stereocenters. The third kappa shape index (κ3) is 2.71. The van der Waals surface area contributed by atoms with E-state index in [1.54, 1.807) is 17.6 Å². The standard InChI is InChI=1S/C13H14ClFN2O2/c1-8-5-11-10(6-9(8)15)16-12(3-4-14)17(11)7-13(18)19-2/h5-6H,3-4,7H2,1-2H3. The van der Waals surface area contributed by atoms with Gasteiger partial charge in [0.15, 0.2) is 0 Å². The van der Waals surface area contributed by atoms with Gasteiger partial charge >= 0.3 is 5.97 Å². The first-order valence-electron chi connectivity index (χ1n) is 5.85. The van der Waals surface area contributed by atoms with E-state index in [0.29, 0.717) is 34.7 Å². The van der Waals surface area contributed by atoms with Gasteiger partial charge in [-0.25, -0.2) is 9.37 Å². The predicted molar refractivity (Wildman–Crippen MR) is 70.9 cm³/mol. The van der Waals surface area contributed by atoms with E-state index in [9.17, 15) is 9.18 Å². The monoisotopic (exact) mass is 284 g/mol. The first kappa shape index (κ1) is 13.8. The molecule has 0 aliphatic heterocycles. The first-order valence-corrected chi connectivity index (χ1v) is 6.38. The molecule has 4 nitrogen and oxygen atoms in total. The van der Waals surface area contributed by atoms with Crippen molar-refractivity contribution >= 4 is 28.6 Å². The summed E-state index contributed by atoms with van der Waals surface area (Å²) in [5.41, 5.74) is 1.74. The molecule has 0 atom stereocenters. The van der Waals surface area contributed by atoms with Gasteiger partial charge in [0.1, 0.15) is 18.2 Å². The molecule has 0 fully saturated rings. The summed E-state index contributed by atoms with van der Waals surface area (Å²) in [5, 5.41) is 0. The molecule has 0 N–H and O–H groups in total. The van der Waals surface area contributed by atoms with E-state index < -0.39 is 0 Å². The number of aryl methyl sites for hydroxylation is 2. The second-order valence-corrected chi connectivity index (χ2v) is 4.60. The molecular formula is C13H14ClFN2O2. The molecule has 19 heavy (non-hydrogen) atoms. The van der Waals surface area contributed by atoms with Crippen molar-refractivity contribution in [2.45, 2.75) is 19.9 Å².